The van der Waals surface area contributed by atoms with Gasteiger partial charge in [-0.1, -0.05) is 18.2 Å². The molecule has 116 valence electrons. The van der Waals surface area contributed by atoms with Crippen LogP contribution in [0.3, 0.4) is 0 Å². The molecule has 0 fully saturated rings. The minimum absolute atomic E-state index is 0.0259. The third-order valence-electron chi connectivity index (χ3n) is 4.34. The minimum atomic E-state index is -0.0259. The Bertz CT molecular complexity index is 933. The number of ether oxygens (including phenoxy) is 1. The lowest BCUT2D eigenvalue weighted by molar-refractivity contribution is 0.415. The third-order valence-corrected chi connectivity index (χ3v) is 4.34. The summed E-state index contributed by atoms with van der Waals surface area (Å²) in [7, 11) is 1.60. The number of fused-ring (bicyclic) bond motifs is 2. The van der Waals surface area contributed by atoms with E-state index >= 15 is 0 Å². The maximum Gasteiger partial charge on any atom is 0.262 e. The largest absolute Gasteiger partial charge is 0.497 e. The van der Waals surface area contributed by atoms with Crippen molar-refractivity contribution < 1.29 is 4.74 Å². The molecule has 4 rings (SSSR count). The van der Waals surface area contributed by atoms with E-state index in [1.807, 2.05) is 6.07 Å². The van der Waals surface area contributed by atoms with Gasteiger partial charge in [-0.15, -0.1) is 0 Å². The maximum atomic E-state index is 12.7. The maximum absolute atomic E-state index is 12.7. The molecular weight excluding hydrogens is 290 g/mol. The van der Waals surface area contributed by atoms with E-state index < -0.39 is 0 Å². The van der Waals surface area contributed by atoms with Gasteiger partial charge < -0.3 is 9.64 Å². The van der Waals surface area contributed by atoms with Gasteiger partial charge in [0.15, 0.2) is 0 Å². The van der Waals surface area contributed by atoms with Gasteiger partial charge in [0.25, 0.3) is 5.56 Å². The quantitative estimate of drug-likeness (QED) is 0.745. The SMILES string of the molecule is COc1ccc2c(=O)n(CN3CCc4ccccc43)cnc2c1. The summed E-state index contributed by atoms with van der Waals surface area (Å²) in [4.78, 5) is 19.3. The van der Waals surface area contributed by atoms with Crippen LogP contribution in [0.4, 0.5) is 5.69 Å². The molecule has 1 aliphatic rings. The minimum Gasteiger partial charge on any atom is -0.497 e. The first-order valence-corrected chi connectivity index (χ1v) is 7.62. The number of aromatic nitrogens is 2. The summed E-state index contributed by atoms with van der Waals surface area (Å²) in [6.07, 6.45) is 2.63. The second-order valence-electron chi connectivity index (χ2n) is 5.69. The van der Waals surface area contributed by atoms with Crippen LogP contribution in [0.1, 0.15) is 5.56 Å². The molecule has 0 amide bonds. The Hall–Kier alpha value is -2.82. The van der Waals surface area contributed by atoms with Crippen molar-refractivity contribution in [2.24, 2.45) is 0 Å². The Morgan fingerprint density at radius 1 is 1.22 bits per heavy atom. The molecule has 0 saturated heterocycles. The van der Waals surface area contributed by atoms with Gasteiger partial charge in [-0.2, -0.15) is 0 Å². The molecule has 2 aromatic carbocycles. The molecule has 1 aliphatic heterocycles. The van der Waals surface area contributed by atoms with Crippen LogP contribution in [-0.4, -0.2) is 23.2 Å². The highest BCUT2D eigenvalue weighted by molar-refractivity contribution is 5.78. The van der Waals surface area contributed by atoms with Crippen molar-refractivity contribution in [2.75, 3.05) is 18.6 Å². The van der Waals surface area contributed by atoms with Crippen molar-refractivity contribution in [3.8, 4) is 5.75 Å². The zero-order valence-electron chi connectivity index (χ0n) is 12.9. The average Bonchev–Trinajstić information content (AvgIpc) is 3.00. The summed E-state index contributed by atoms with van der Waals surface area (Å²) in [5.41, 5.74) is 3.17. The summed E-state index contributed by atoms with van der Waals surface area (Å²) >= 11 is 0. The van der Waals surface area contributed by atoms with Gasteiger partial charge >= 0.3 is 0 Å². The lowest BCUT2D eigenvalue weighted by Gasteiger charge is -2.20. The Labute approximate surface area is 133 Å². The summed E-state index contributed by atoms with van der Waals surface area (Å²) in [5, 5.41) is 0.612. The fourth-order valence-corrected chi connectivity index (χ4v) is 3.10. The molecule has 1 aromatic heterocycles. The van der Waals surface area contributed by atoms with E-state index in [0.717, 1.165) is 13.0 Å². The van der Waals surface area contributed by atoms with E-state index in [2.05, 4.69) is 28.1 Å². The first-order valence-electron chi connectivity index (χ1n) is 7.62. The Balaban J connectivity index is 1.71. The number of nitrogens with zero attached hydrogens (tertiary/aromatic N) is 3. The van der Waals surface area contributed by atoms with Crippen LogP contribution in [0, 0.1) is 0 Å². The standard InChI is InChI=1S/C18H17N3O2/c1-23-14-6-7-15-16(10-14)19-11-21(18(15)22)12-20-9-8-13-4-2-3-5-17(13)20/h2-7,10-11H,8-9,12H2,1H3. The van der Waals surface area contributed by atoms with Crippen molar-refractivity contribution in [2.45, 2.75) is 13.1 Å². The van der Waals surface area contributed by atoms with Crippen LogP contribution in [-0.2, 0) is 13.1 Å². The highest BCUT2D eigenvalue weighted by atomic mass is 16.5. The predicted molar refractivity (Wildman–Crippen MR) is 90.0 cm³/mol. The van der Waals surface area contributed by atoms with Crippen LogP contribution in [0.5, 0.6) is 5.75 Å². The average molecular weight is 307 g/mol. The van der Waals surface area contributed by atoms with Gasteiger partial charge in [0.05, 0.1) is 31.0 Å². The zero-order valence-corrected chi connectivity index (χ0v) is 12.9. The fourth-order valence-electron chi connectivity index (χ4n) is 3.10. The molecule has 5 heteroatoms. The highest BCUT2D eigenvalue weighted by Gasteiger charge is 2.19. The van der Waals surface area contributed by atoms with E-state index in [1.54, 1.807) is 36.2 Å². The number of hydrogen-bond donors (Lipinski definition) is 0. The number of methoxy groups -OCH3 is 1. The lowest BCUT2D eigenvalue weighted by atomic mass is 10.2. The van der Waals surface area contributed by atoms with Crippen molar-refractivity contribution in [1.29, 1.82) is 0 Å². The molecule has 2 heterocycles. The summed E-state index contributed by atoms with van der Waals surface area (Å²) in [6, 6.07) is 13.7. The van der Waals surface area contributed by atoms with Gasteiger partial charge in [0, 0.05) is 18.3 Å². The predicted octanol–water partition coefficient (Wildman–Crippen LogP) is 2.43. The second-order valence-corrected chi connectivity index (χ2v) is 5.69. The smallest absolute Gasteiger partial charge is 0.262 e. The molecule has 0 bridgehead atoms. The van der Waals surface area contributed by atoms with Crippen LogP contribution >= 0.6 is 0 Å². The van der Waals surface area contributed by atoms with Crippen molar-refractivity contribution in [3.63, 3.8) is 0 Å². The van der Waals surface area contributed by atoms with E-state index in [1.165, 1.54) is 11.3 Å². The molecule has 5 nitrogen and oxygen atoms in total. The molecule has 0 aliphatic carbocycles. The fraction of sp³-hybridized carbons (Fsp3) is 0.222. The number of para-hydroxylation sites is 1. The van der Waals surface area contributed by atoms with Gasteiger partial charge in [-0.05, 0) is 30.2 Å². The zero-order chi connectivity index (χ0) is 15.8. The lowest BCUT2D eigenvalue weighted by Crippen LogP contribution is -2.31. The van der Waals surface area contributed by atoms with Gasteiger partial charge in [-0.3, -0.25) is 9.36 Å². The summed E-state index contributed by atoms with van der Waals surface area (Å²) in [6.45, 7) is 1.44. The summed E-state index contributed by atoms with van der Waals surface area (Å²) in [5.74, 6) is 0.704. The van der Waals surface area contributed by atoms with E-state index in [9.17, 15) is 4.79 Å². The molecule has 0 spiro atoms. The molecule has 3 aromatic rings. The number of anilines is 1. The molecular formula is C18H17N3O2. The second kappa shape index (κ2) is 5.43. The van der Waals surface area contributed by atoms with E-state index in [4.69, 9.17) is 4.74 Å². The topological polar surface area (TPSA) is 47.4 Å². The van der Waals surface area contributed by atoms with E-state index in [-0.39, 0.29) is 5.56 Å². The van der Waals surface area contributed by atoms with Gasteiger partial charge in [0.1, 0.15) is 5.75 Å². The first kappa shape index (κ1) is 13.8. The monoisotopic (exact) mass is 307 g/mol. The molecule has 0 unspecified atom stereocenters. The van der Waals surface area contributed by atoms with Crippen LogP contribution in [0.15, 0.2) is 53.6 Å². The molecule has 0 radical (unpaired) electrons. The molecule has 0 atom stereocenters. The normalized spacial score (nSPS) is 13.3. The van der Waals surface area contributed by atoms with Crippen molar-refractivity contribution in [1.82, 2.24) is 9.55 Å². The van der Waals surface area contributed by atoms with Crippen molar-refractivity contribution in [3.05, 3.63) is 64.7 Å². The van der Waals surface area contributed by atoms with Crippen LogP contribution in [0.25, 0.3) is 10.9 Å². The Morgan fingerprint density at radius 2 is 2.09 bits per heavy atom. The Kier molecular flexibility index (Phi) is 3.26. The molecule has 0 N–H and O–H groups in total. The third kappa shape index (κ3) is 2.34. The first-order chi connectivity index (χ1) is 11.3. The van der Waals surface area contributed by atoms with Gasteiger partial charge in [-0.25, -0.2) is 4.98 Å². The van der Waals surface area contributed by atoms with Crippen LogP contribution < -0.4 is 15.2 Å². The van der Waals surface area contributed by atoms with Crippen molar-refractivity contribution >= 4 is 16.6 Å². The van der Waals surface area contributed by atoms with Gasteiger partial charge in [0.2, 0.25) is 0 Å². The number of rotatable bonds is 3. The van der Waals surface area contributed by atoms with Crippen LogP contribution in [0.2, 0.25) is 0 Å². The highest BCUT2D eigenvalue weighted by Crippen LogP contribution is 2.27. The molecule has 0 saturated carbocycles. The Morgan fingerprint density at radius 3 is 2.96 bits per heavy atom. The summed E-state index contributed by atoms with van der Waals surface area (Å²) < 4.78 is 6.85. The van der Waals surface area contributed by atoms with E-state index in [0.29, 0.717) is 23.3 Å². The number of hydrogen-bond acceptors (Lipinski definition) is 4. The molecule has 23 heavy (non-hydrogen) atoms. The number of benzene rings is 2.